The highest BCUT2D eigenvalue weighted by molar-refractivity contribution is 5.81. The third kappa shape index (κ3) is 4.03. The predicted molar refractivity (Wildman–Crippen MR) is 88.0 cm³/mol. The summed E-state index contributed by atoms with van der Waals surface area (Å²) in [5.41, 5.74) is 2.39. The van der Waals surface area contributed by atoms with Gasteiger partial charge in [-0.2, -0.15) is 0 Å². The number of Topliss-reactive ketones (excluding diaryl/α,β-unsaturated/α-hetero) is 1. The Kier molecular flexibility index (Phi) is 5.47. The third-order valence-corrected chi connectivity index (χ3v) is 4.00. The minimum atomic E-state index is 0.251. The maximum atomic E-state index is 12.2. The molecule has 0 spiro atoms. The van der Waals surface area contributed by atoms with Gasteiger partial charge in [0.25, 0.3) is 0 Å². The maximum absolute atomic E-state index is 12.2. The molecule has 0 bridgehead atoms. The summed E-state index contributed by atoms with van der Waals surface area (Å²) in [6.07, 6.45) is 1.68. The molecular formula is C18H25N3O. The van der Waals surface area contributed by atoms with Crippen molar-refractivity contribution in [3.05, 3.63) is 47.0 Å². The summed E-state index contributed by atoms with van der Waals surface area (Å²) in [4.78, 5) is 12.2. The Balaban J connectivity index is 1.90. The van der Waals surface area contributed by atoms with Crippen LogP contribution in [-0.2, 0) is 24.2 Å². The summed E-state index contributed by atoms with van der Waals surface area (Å²) in [6.45, 7) is 9.20. The van der Waals surface area contributed by atoms with E-state index in [9.17, 15) is 4.79 Å². The highest BCUT2D eigenvalue weighted by Gasteiger charge is 2.10. The van der Waals surface area contributed by atoms with E-state index in [0.29, 0.717) is 25.2 Å². The van der Waals surface area contributed by atoms with Crippen molar-refractivity contribution >= 4 is 5.78 Å². The molecule has 0 aliphatic carbocycles. The highest BCUT2D eigenvalue weighted by atomic mass is 16.1. The van der Waals surface area contributed by atoms with Crippen LogP contribution in [0.3, 0.4) is 0 Å². The Morgan fingerprint density at radius 2 is 1.86 bits per heavy atom. The van der Waals surface area contributed by atoms with E-state index in [1.54, 1.807) is 0 Å². The molecule has 0 fully saturated rings. The van der Waals surface area contributed by atoms with Gasteiger partial charge in [-0.1, -0.05) is 38.1 Å². The second-order valence-corrected chi connectivity index (χ2v) is 6.02. The fourth-order valence-corrected chi connectivity index (χ4v) is 2.61. The molecular weight excluding hydrogens is 274 g/mol. The lowest BCUT2D eigenvalue weighted by molar-refractivity contribution is -0.118. The van der Waals surface area contributed by atoms with Crippen LogP contribution in [0, 0.1) is 6.92 Å². The smallest absolute Gasteiger partial charge is 0.137 e. The van der Waals surface area contributed by atoms with Gasteiger partial charge in [0.15, 0.2) is 0 Å². The minimum absolute atomic E-state index is 0.251. The first-order valence-corrected chi connectivity index (χ1v) is 8.00. The molecule has 0 saturated heterocycles. The van der Waals surface area contributed by atoms with Crippen LogP contribution in [-0.4, -0.2) is 20.5 Å². The molecule has 2 aromatic rings. The predicted octanol–water partition coefficient (Wildman–Crippen LogP) is 3.47. The number of rotatable bonds is 7. The zero-order valence-electron chi connectivity index (χ0n) is 14.0. The molecule has 1 aromatic carbocycles. The van der Waals surface area contributed by atoms with E-state index in [2.05, 4.69) is 59.8 Å². The number of aryl methyl sites for hydroxylation is 2. The quantitative estimate of drug-likeness (QED) is 0.786. The summed E-state index contributed by atoms with van der Waals surface area (Å²) in [5.74, 6) is 2.59. The molecule has 2 rings (SSSR count). The molecule has 0 aliphatic heterocycles. The Morgan fingerprint density at radius 3 is 2.45 bits per heavy atom. The number of carbonyl (C=O) groups excluding carboxylic acids is 1. The van der Waals surface area contributed by atoms with Gasteiger partial charge in [0.1, 0.15) is 17.4 Å². The average Bonchev–Trinajstić information content (AvgIpc) is 2.85. The van der Waals surface area contributed by atoms with Crippen LogP contribution in [0.2, 0.25) is 0 Å². The lowest BCUT2D eigenvalue weighted by Crippen LogP contribution is -2.09. The number of carbonyl (C=O) groups is 1. The van der Waals surface area contributed by atoms with Crippen LogP contribution in [0.5, 0.6) is 0 Å². The number of hydrogen-bond donors (Lipinski definition) is 0. The van der Waals surface area contributed by atoms with Crippen molar-refractivity contribution in [3.63, 3.8) is 0 Å². The number of nitrogens with zero attached hydrogens (tertiary/aromatic N) is 3. The molecule has 0 saturated carbocycles. The van der Waals surface area contributed by atoms with Gasteiger partial charge in [0, 0.05) is 25.8 Å². The normalized spacial score (nSPS) is 11.1. The maximum Gasteiger partial charge on any atom is 0.137 e. The van der Waals surface area contributed by atoms with E-state index in [-0.39, 0.29) is 5.78 Å². The lowest BCUT2D eigenvalue weighted by Gasteiger charge is -2.07. The molecule has 22 heavy (non-hydrogen) atoms. The molecule has 1 heterocycles. The van der Waals surface area contributed by atoms with Gasteiger partial charge in [-0.25, -0.2) is 0 Å². The highest BCUT2D eigenvalue weighted by Crippen LogP contribution is 2.15. The van der Waals surface area contributed by atoms with E-state index in [1.165, 1.54) is 5.56 Å². The van der Waals surface area contributed by atoms with Crippen molar-refractivity contribution in [2.45, 2.75) is 59.4 Å². The molecule has 0 radical (unpaired) electrons. The number of hydrogen-bond acceptors (Lipinski definition) is 3. The molecule has 4 heteroatoms. The summed E-state index contributed by atoms with van der Waals surface area (Å²) >= 11 is 0. The fourth-order valence-electron chi connectivity index (χ4n) is 2.61. The molecule has 0 atom stereocenters. The summed E-state index contributed by atoms with van der Waals surface area (Å²) in [7, 11) is 0. The van der Waals surface area contributed by atoms with Crippen molar-refractivity contribution in [2.75, 3.05) is 0 Å². The molecule has 1 aromatic heterocycles. The van der Waals surface area contributed by atoms with E-state index in [1.807, 2.05) is 6.92 Å². The van der Waals surface area contributed by atoms with E-state index >= 15 is 0 Å². The number of benzene rings is 1. The first-order valence-electron chi connectivity index (χ1n) is 8.00. The Hall–Kier alpha value is -1.97. The average molecular weight is 299 g/mol. The van der Waals surface area contributed by atoms with Crippen molar-refractivity contribution in [2.24, 2.45) is 0 Å². The molecule has 0 amide bonds. The Morgan fingerprint density at radius 1 is 1.18 bits per heavy atom. The molecule has 118 valence electrons. The molecule has 4 nitrogen and oxygen atoms in total. The van der Waals surface area contributed by atoms with Crippen molar-refractivity contribution in [3.8, 4) is 0 Å². The van der Waals surface area contributed by atoms with Crippen LogP contribution in [0.25, 0.3) is 0 Å². The van der Waals surface area contributed by atoms with Crippen LogP contribution in [0.1, 0.15) is 55.9 Å². The van der Waals surface area contributed by atoms with E-state index in [4.69, 9.17) is 0 Å². The van der Waals surface area contributed by atoms with Crippen LogP contribution in [0.15, 0.2) is 24.3 Å². The van der Waals surface area contributed by atoms with Gasteiger partial charge in [0.05, 0.1) is 0 Å². The molecule has 0 aliphatic rings. The van der Waals surface area contributed by atoms with Crippen molar-refractivity contribution in [1.82, 2.24) is 14.8 Å². The van der Waals surface area contributed by atoms with Crippen LogP contribution in [0.4, 0.5) is 0 Å². The van der Waals surface area contributed by atoms with Gasteiger partial charge in [-0.15, -0.1) is 10.2 Å². The second-order valence-electron chi connectivity index (χ2n) is 6.02. The standard InChI is InChI=1S/C18H25N3O/c1-5-21-14(4)19-20-18(21)11-10-17(22)12-15-6-8-16(9-7-15)13(2)3/h6-9,13H,5,10-12H2,1-4H3. The Bertz CT molecular complexity index is 626. The SMILES string of the molecule is CCn1c(C)nnc1CCC(=O)Cc1ccc(C(C)C)cc1. The van der Waals surface area contributed by atoms with Crippen LogP contribution >= 0.6 is 0 Å². The van der Waals surface area contributed by atoms with Crippen molar-refractivity contribution in [1.29, 1.82) is 0 Å². The topological polar surface area (TPSA) is 47.8 Å². The minimum Gasteiger partial charge on any atom is -0.315 e. The number of aromatic nitrogens is 3. The van der Waals surface area contributed by atoms with Crippen LogP contribution < -0.4 is 0 Å². The summed E-state index contributed by atoms with van der Waals surface area (Å²) in [6, 6.07) is 8.35. The second kappa shape index (κ2) is 7.34. The largest absolute Gasteiger partial charge is 0.315 e. The third-order valence-electron chi connectivity index (χ3n) is 4.00. The van der Waals surface area contributed by atoms with Gasteiger partial charge in [-0.3, -0.25) is 4.79 Å². The summed E-state index contributed by atoms with van der Waals surface area (Å²) in [5, 5.41) is 8.23. The van der Waals surface area contributed by atoms with Gasteiger partial charge in [-0.05, 0) is 30.9 Å². The van der Waals surface area contributed by atoms with Gasteiger partial charge in [0.2, 0.25) is 0 Å². The zero-order valence-corrected chi connectivity index (χ0v) is 14.0. The first-order chi connectivity index (χ1) is 10.5. The van der Waals surface area contributed by atoms with Gasteiger partial charge >= 0.3 is 0 Å². The molecule has 0 unspecified atom stereocenters. The van der Waals surface area contributed by atoms with Crippen molar-refractivity contribution < 1.29 is 4.79 Å². The Labute approximate surface area is 132 Å². The van der Waals surface area contributed by atoms with E-state index in [0.717, 1.165) is 23.8 Å². The van der Waals surface area contributed by atoms with E-state index < -0.39 is 0 Å². The molecule has 0 N–H and O–H groups in total. The lowest BCUT2D eigenvalue weighted by atomic mass is 9.99. The first kappa shape index (κ1) is 16.4. The summed E-state index contributed by atoms with van der Waals surface area (Å²) < 4.78 is 2.06. The zero-order chi connectivity index (χ0) is 16.1. The van der Waals surface area contributed by atoms with Gasteiger partial charge < -0.3 is 4.57 Å². The monoisotopic (exact) mass is 299 g/mol. The fraction of sp³-hybridized carbons (Fsp3) is 0.500. The number of ketones is 1.